The zero-order valence-electron chi connectivity index (χ0n) is 13.2. The second-order valence-corrected chi connectivity index (χ2v) is 6.25. The number of rotatable bonds is 5. The maximum atomic E-state index is 12.6. The van der Waals surface area contributed by atoms with Crippen molar-refractivity contribution < 1.29 is 4.79 Å². The Morgan fingerprint density at radius 2 is 2.14 bits per heavy atom. The third-order valence-corrected chi connectivity index (χ3v) is 5.01. The fourth-order valence-electron chi connectivity index (χ4n) is 3.38. The van der Waals surface area contributed by atoms with Crippen LogP contribution in [0.4, 0.5) is 0 Å². The van der Waals surface area contributed by atoms with Crippen LogP contribution >= 0.6 is 0 Å². The third kappa shape index (κ3) is 2.84. The molecule has 2 heterocycles. The molecule has 1 aliphatic carbocycles. The van der Waals surface area contributed by atoms with Gasteiger partial charge in [-0.1, -0.05) is 20.3 Å². The van der Waals surface area contributed by atoms with Gasteiger partial charge in [-0.05, 0) is 32.0 Å². The van der Waals surface area contributed by atoms with Crippen molar-refractivity contribution in [2.75, 3.05) is 26.2 Å². The second-order valence-electron chi connectivity index (χ2n) is 6.25. The molecule has 0 unspecified atom stereocenters. The Bertz CT molecular complexity index is 490. The number of carbonyl (C=O) groups is 1. The Kier molecular flexibility index (Phi) is 4.29. The quantitative estimate of drug-likeness (QED) is 0.832. The first-order chi connectivity index (χ1) is 10.2. The minimum absolute atomic E-state index is 0.285. The second kappa shape index (κ2) is 6.18. The van der Waals surface area contributed by atoms with Gasteiger partial charge in [0, 0.05) is 25.2 Å². The zero-order valence-corrected chi connectivity index (χ0v) is 13.2. The Morgan fingerprint density at radius 3 is 2.76 bits per heavy atom. The summed E-state index contributed by atoms with van der Waals surface area (Å²) in [5.41, 5.74) is 1.17. The van der Waals surface area contributed by atoms with Crippen LogP contribution in [0.15, 0.2) is 12.3 Å². The molecule has 1 aromatic rings. The van der Waals surface area contributed by atoms with Crippen molar-refractivity contribution in [2.24, 2.45) is 5.92 Å². The SMILES string of the molecule is CCN(CC)C[C@H]1CN(C(=O)C2CCC2)Cc2ccnn21. The first-order valence-electron chi connectivity index (χ1n) is 8.26. The van der Waals surface area contributed by atoms with E-state index >= 15 is 0 Å². The first-order valence-corrected chi connectivity index (χ1v) is 8.26. The van der Waals surface area contributed by atoms with Gasteiger partial charge < -0.3 is 9.80 Å². The van der Waals surface area contributed by atoms with Crippen LogP contribution in [0.1, 0.15) is 44.8 Å². The number of nitrogens with zero attached hydrogens (tertiary/aromatic N) is 4. The fourth-order valence-corrected chi connectivity index (χ4v) is 3.38. The van der Waals surface area contributed by atoms with Crippen LogP contribution in [0, 0.1) is 5.92 Å². The van der Waals surface area contributed by atoms with Gasteiger partial charge in [-0.25, -0.2) is 0 Å². The van der Waals surface area contributed by atoms with Gasteiger partial charge in [0.05, 0.1) is 18.3 Å². The van der Waals surface area contributed by atoms with Crippen LogP contribution in [0.5, 0.6) is 0 Å². The number of hydrogen-bond acceptors (Lipinski definition) is 3. The van der Waals surface area contributed by atoms with E-state index in [1.54, 1.807) is 0 Å². The van der Waals surface area contributed by atoms with E-state index in [1.165, 1.54) is 12.1 Å². The van der Waals surface area contributed by atoms with Crippen molar-refractivity contribution in [3.05, 3.63) is 18.0 Å². The lowest BCUT2D eigenvalue weighted by atomic mass is 9.84. The monoisotopic (exact) mass is 290 g/mol. The van der Waals surface area contributed by atoms with Crippen molar-refractivity contribution in [1.82, 2.24) is 19.6 Å². The highest BCUT2D eigenvalue weighted by Crippen LogP contribution is 2.31. The predicted octanol–water partition coefficient (Wildman–Crippen LogP) is 1.91. The summed E-state index contributed by atoms with van der Waals surface area (Å²) in [6.45, 7) is 8.96. The fraction of sp³-hybridized carbons (Fsp3) is 0.750. The number of hydrogen-bond donors (Lipinski definition) is 0. The maximum absolute atomic E-state index is 12.6. The molecule has 1 amide bonds. The van der Waals surface area contributed by atoms with Gasteiger partial charge in [-0.15, -0.1) is 0 Å². The molecule has 1 aliphatic heterocycles. The Balaban J connectivity index is 1.74. The summed E-state index contributed by atoms with van der Waals surface area (Å²) >= 11 is 0. The van der Waals surface area contributed by atoms with Gasteiger partial charge in [-0.3, -0.25) is 9.48 Å². The molecular weight excluding hydrogens is 264 g/mol. The molecule has 0 N–H and O–H groups in total. The standard InChI is InChI=1S/C16H26N4O/c1-3-18(4-2)10-15-12-19(16(21)13-6-5-7-13)11-14-8-9-17-20(14)15/h8-9,13,15H,3-7,10-12H2,1-2H3/t15-/m0/s1. The van der Waals surface area contributed by atoms with Crippen molar-refractivity contribution in [3.8, 4) is 0 Å². The van der Waals surface area contributed by atoms with E-state index in [0.29, 0.717) is 5.91 Å². The summed E-state index contributed by atoms with van der Waals surface area (Å²) in [6, 6.07) is 2.34. The minimum atomic E-state index is 0.285. The molecule has 3 rings (SSSR count). The molecule has 5 heteroatoms. The summed E-state index contributed by atoms with van der Waals surface area (Å²) < 4.78 is 2.13. The third-order valence-electron chi connectivity index (χ3n) is 5.01. The Hall–Kier alpha value is -1.36. The van der Waals surface area contributed by atoms with E-state index in [2.05, 4.69) is 39.5 Å². The number of aromatic nitrogens is 2. The molecule has 5 nitrogen and oxygen atoms in total. The number of fused-ring (bicyclic) bond motifs is 1. The average Bonchev–Trinajstić information content (AvgIpc) is 2.90. The highest BCUT2D eigenvalue weighted by molar-refractivity contribution is 5.79. The molecule has 21 heavy (non-hydrogen) atoms. The normalized spacial score (nSPS) is 22.2. The topological polar surface area (TPSA) is 41.4 Å². The Labute approximate surface area is 126 Å². The van der Waals surface area contributed by atoms with Crippen molar-refractivity contribution in [3.63, 3.8) is 0 Å². The number of amides is 1. The van der Waals surface area contributed by atoms with E-state index in [9.17, 15) is 4.79 Å². The smallest absolute Gasteiger partial charge is 0.226 e. The van der Waals surface area contributed by atoms with Crippen molar-refractivity contribution >= 4 is 5.91 Å². The van der Waals surface area contributed by atoms with E-state index in [-0.39, 0.29) is 12.0 Å². The molecule has 0 radical (unpaired) electrons. The molecule has 1 atom stereocenters. The largest absolute Gasteiger partial charge is 0.334 e. The summed E-state index contributed by atoms with van der Waals surface area (Å²) in [4.78, 5) is 17.0. The van der Waals surface area contributed by atoms with Crippen LogP contribution in [0.3, 0.4) is 0 Å². The lowest BCUT2D eigenvalue weighted by Crippen LogP contribution is -2.48. The molecule has 1 saturated carbocycles. The van der Waals surface area contributed by atoms with Gasteiger partial charge >= 0.3 is 0 Å². The van der Waals surface area contributed by atoms with Gasteiger partial charge in [0.25, 0.3) is 0 Å². The van der Waals surface area contributed by atoms with Gasteiger partial charge in [0.1, 0.15) is 0 Å². The van der Waals surface area contributed by atoms with Crippen LogP contribution < -0.4 is 0 Å². The molecule has 0 bridgehead atoms. The van der Waals surface area contributed by atoms with Crippen LogP contribution in [-0.4, -0.2) is 51.7 Å². The van der Waals surface area contributed by atoms with Crippen molar-refractivity contribution in [2.45, 2.75) is 45.7 Å². The summed E-state index contributed by atoms with van der Waals surface area (Å²) in [5, 5.41) is 4.48. The number of likely N-dealkylation sites (N-methyl/N-ethyl adjacent to an activating group) is 1. The molecule has 1 aromatic heterocycles. The van der Waals surface area contributed by atoms with Gasteiger partial charge in [0.15, 0.2) is 0 Å². The van der Waals surface area contributed by atoms with E-state index < -0.39 is 0 Å². The van der Waals surface area contributed by atoms with Crippen LogP contribution in [-0.2, 0) is 11.3 Å². The maximum Gasteiger partial charge on any atom is 0.226 e. The molecular formula is C16H26N4O. The van der Waals surface area contributed by atoms with E-state index in [1.807, 2.05) is 6.20 Å². The highest BCUT2D eigenvalue weighted by atomic mass is 16.2. The summed E-state index contributed by atoms with van der Waals surface area (Å²) in [6.07, 6.45) is 5.23. The highest BCUT2D eigenvalue weighted by Gasteiger charge is 2.34. The molecule has 0 spiro atoms. The van der Waals surface area contributed by atoms with E-state index in [4.69, 9.17) is 0 Å². The molecule has 2 aliphatic rings. The molecule has 1 fully saturated rings. The zero-order chi connectivity index (χ0) is 14.8. The minimum Gasteiger partial charge on any atom is -0.334 e. The average molecular weight is 290 g/mol. The summed E-state index contributed by atoms with van der Waals surface area (Å²) in [7, 11) is 0. The van der Waals surface area contributed by atoms with Crippen LogP contribution in [0.2, 0.25) is 0 Å². The van der Waals surface area contributed by atoms with Crippen molar-refractivity contribution in [1.29, 1.82) is 0 Å². The first kappa shape index (κ1) is 14.6. The Morgan fingerprint density at radius 1 is 1.38 bits per heavy atom. The molecule has 0 saturated heterocycles. The summed E-state index contributed by atoms with van der Waals surface area (Å²) in [5.74, 6) is 0.645. The van der Waals surface area contributed by atoms with E-state index in [0.717, 1.165) is 45.6 Å². The van der Waals surface area contributed by atoms with Crippen LogP contribution in [0.25, 0.3) is 0 Å². The number of carbonyl (C=O) groups excluding carboxylic acids is 1. The predicted molar refractivity (Wildman–Crippen MR) is 81.8 cm³/mol. The van der Waals surface area contributed by atoms with Gasteiger partial charge in [0.2, 0.25) is 5.91 Å². The lowest BCUT2D eigenvalue weighted by molar-refractivity contribution is -0.140. The molecule has 0 aromatic carbocycles. The molecule has 116 valence electrons. The lowest BCUT2D eigenvalue weighted by Gasteiger charge is -2.39. The van der Waals surface area contributed by atoms with Gasteiger partial charge in [-0.2, -0.15) is 5.10 Å².